The van der Waals surface area contributed by atoms with Crippen molar-refractivity contribution in [3.8, 4) is 22.3 Å². The van der Waals surface area contributed by atoms with Crippen LogP contribution in [0.1, 0.15) is 0 Å². The molecule has 0 aromatic heterocycles. The van der Waals surface area contributed by atoms with Crippen LogP contribution in [0.15, 0.2) is 237 Å². The van der Waals surface area contributed by atoms with Crippen molar-refractivity contribution in [3.05, 3.63) is 237 Å². The molecule has 9 rings (SSSR count). The number of nitrogens with zero attached hydrogens (tertiary/aromatic N) is 1. The van der Waals surface area contributed by atoms with Crippen molar-refractivity contribution < 1.29 is 0 Å². The first kappa shape index (κ1) is 33.1. The molecule has 0 heterocycles. The number of hydrogen-bond acceptors (Lipinski definition) is 1. The lowest BCUT2D eigenvalue weighted by Crippen LogP contribution is -2.74. The molecule has 0 aliphatic heterocycles. The van der Waals surface area contributed by atoms with Gasteiger partial charge in [-0.05, 0) is 84.6 Å². The van der Waals surface area contributed by atoms with Crippen molar-refractivity contribution in [2.45, 2.75) is 0 Å². The lowest BCUT2D eigenvalue weighted by Gasteiger charge is -2.35. The molecule has 1 nitrogen and oxygen atoms in total. The van der Waals surface area contributed by atoms with Crippen molar-refractivity contribution in [1.82, 2.24) is 0 Å². The third-order valence-electron chi connectivity index (χ3n) is 10.6. The Labute approximate surface area is 319 Å². The first-order chi connectivity index (χ1) is 26.8. The fourth-order valence-electron chi connectivity index (χ4n) is 8.05. The molecule has 0 amide bonds. The summed E-state index contributed by atoms with van der Waals surface area (Å²) in [5.74, 6) is 0. The summed E-state index contributed by atoms with van der Waals surface area (Å²) in [5, 5.41) is 7.96. The predicted octanol–water partition coefficient (Wildman–Crippen LogP) is 11.0. The molecule has 0 N–H and O–H groups in total. The highest BCUT2D eigenvalue weighted by molar-refractivity contribution is 7.20. The summed E-state index contributed by atoms with van der Waals surface area (Å²) in [6.45, 7) is 0. The van der Waals surface area contributed by atoms with E-state index in [-0.39, 0.29) is 0 Å². The van der Waals surface area contributed by atoms with Crippen molar-refractivity contribution in [1.29, 1.82) is 0 Å². The van der Waals surface area contributed by atoms with Crippen LogP contribution in [-0.2, 0) is 0 Å². The number of anilines is 3. The summed E-state index contributed by atoms with van der Waals surface area (Å²) in [4.78, 5) is 2.41. The van der Waals surface area contributed by atoms with E-state index in [1.807, 2.05) is 0 Å². The number of fused-ring (bicyclic) bond motifs is 1. The lowest BCUT2D eigenvalue weighted by molar-refractivity contribution is 1.28. The zero-order chi connectivity index (χ0) is 36.2. The molecule has 0 aliphatic rings. The SMILES string of the molecule is c1ccc(-c2ccc(N(c3ccccc3)c3ccc([Si](c4ccccc4)(c4ccccc4)c4ccc5ccccc5c4)cc3)c(-c3ccccc3)c2)cc1. The smallest absolute Gasteiger partial charge is 0.179 e. The van der Waals surface area contributed by atoms with Gasteiger partial charge in [-0.15, -0.1) is 0 Å². The van der Waals surface area contributed by atoms with Gasteiger partial charge in [-0.2, -0.15) is 0 Å². The van der Waals surface area contributed by atoms with Crippen LogP contribution in [0.3, 0.4) is 0 Å². The highest BCUT2D eigenvalue weighted by atomic mass is 28.3. The zero-order valence-electron chi connectivity index (χ0n) is 30.0. The van der Waals surface area contributed by atoms with E-state index in [0.717, 1.165) is 17.1 Å². The summed E-state index contributed by atoms with van der Waals surface area (Å²) in [7, 11) is -2.76. The Morgan fingerprint density at radius 2 is 0.741 bits per heavy atom. The Balaban J connectivity index is 1.26. The number of benzene rings is 9. The van der Waals surface area contributed by atoms with Crippen LogP contribution in [0.25, 0.3) is 33.0 Å². The van der Waals surface area contributed by atoms with E-state index in [0.29, 0.717) is 0 Å². The Kier molecular flexibility index (Phi) is 9.02. The molecule has 54 heavy (non-hydrogen) atoms. The normalized spacial score (nSPS) is 11.3. The van der Waals surface area contributed by atoms with E-state index in [1.165, 1.54) is 53.8 Å². The van der Waals surface area contributed by atoms with E-state index < -0.39 is 8.07 Å². The molecule has 0 aliphatic carbocycles. The van der Waals surface area contributed by atoms with Crippen LogP contribution in [0, 0.1) is 0 Å². The van der Waals surface area contributed by atoms with Crippen LogP contribution >= 0.6 is 0 Å². The molecule has 0 spiro atoms. The molecular weight excluding hydrogens is 667 g/mol. The lowest BCUT2D eigenvalue weighted by atomic mass is 9.96. The zero-order valence-corrected chi connectivity index (χ0v) is 31.0. The second-order valence-corrected chi connectivity index (χ2v) is 17.5. The molecule has 0 saturated heterocycles. The fourth-order valence-corrected chi connectivity index (χ4v) is 12.8. The number of hydrogen-bond donors (Lipinski definition) is 0. The fraction of sp³-hybridized carbons (Fsp3) is 0. The predicted molar refractivity (Wildman–Crippen MR) is 233 cm³/mol. The van der Waals surface area contributed by atoms with Crippen molar-refractivity contribution in [3.63, 3.8) is 0 Å². The maximum absolute atomic E-state index is 2.76. The molecule has 256 valence electrons. The molecule has 0 radical (unpaired) electrons. The maximum atomic E-state index is 2.44. The average molecular weight is 706 g/mol. The first-order valence-corrected chi connectivity index (χ1v) is 20.6. The van der Waals surface area contributed by atoms with Gasteiger partial charge in [0.25, 0.3) is 0 Å². The van der Waals surface area contributed by atoms with E-state index in [2.05, 4.69) is 241 Å². The second-order valence-electron chi connectivity index (χ2n) is 13.7. The van der Waals surface area contributed by atoms with Gasteiger partial charge in [0.2, 0.25) is 0 Å². The van der Waals surface area contributed by atoms with Gasteiger partial charge in [0, 0.05) is 16.9 Å². The molecule has 9 aromatic rings. The molecule has 9 aromatic carbocycles. The number of rotatable bonds is 9. The summed E-state index contributed by atoms with van der Waals surface area (Å²) in [6.07, 6.45) is 0. The topological polar surface area (TPSA) is 3.24 Å². The second kappa shape index (κ2) is 14.7. The van der Waals surface area contributed by atoms with Crippen molar-refractivity contribution in [2.75, 3.05) is 4.90 Å². The van der Waals surface area contributed by atoms with E-state index >= 15 is 0 Å². The van der Waals surface area contributed by atoms with E-state index in [1.54, 1.807) is 0 Å². The van der Waals surface area contributed by atoms with Gasteiger partial charge in [0.15, 0.2) is 8.07 Å². The summed E-state index contributed by atoms with van der Waals surface area (Å²) < 4.78 is 0. The van der Waals surface area contributed by atoms with Gasteiger partial charge < -0.3 is 4.90 Å². The van der Waals surface area contributed by atoms with Crippen LogP contribution in [0.5, 0.6) is 0 Å². The Morgan fingerprint density at radius 3 is 1.35 bits per heavy atom. The minimum absolute atomic E-state index is 1.11. The van der Waals surface area contributed by atoms with E-state index in [4.69, 9.17) is 0 Å². The number of para-hydroxylation sites is 1. The molecule has 0 fully saturated rings. The molecule has 0 atom stereocenters. The first-order valence-electron chi connectivity index (χ1n) is 18.6. The van der Waals surface area contributed by atoms with Crippen LogP contribution in [0.4, 0.5) is 17.1 Å². The Hall–Kier alpha value is -6.74. The standard InChI is InChI=1S/C52H39NSi/c1-6-18-40(19-7-1)44-31-37-52(51(39-44)42-21-8-2-9-22-42)53(45-24-10-3-11-25-45)46-32-35-49(36-33-46)54(47-26-12-4-13-27-47,48-28-14-5-15-29-48)50-34-30-41-20-16-17-23-43(41)38-50/h1-39H. The van der Waals surface area contributed by atoms with Gasteiger partial charge in [-0.3, -0.25) is 0 Å². The highest BCUT2D eigenvalue weighted by Crippen LogP contribution is 2.42. The average Bonchev–Trinajstić information content (AvgIpc) is 3.26. The van der Waals surface area contributed by atoms with E-state index in [9.17, 15) is 0 Å². The monoisotopic (exact) mass is 705 g/mol. The largest absolute Gasteiger partial charge is 0.310 e. The Bertz CT molecular complexity index is 2580. The Morgan fingerprint density at radius 1 is 0.278 bits per heavy atom. The summed E-state index contributed by atoms with van der Waals surface area (Å²) in [6, 6.07) is 86.7. The molecule has 2 heteroatoms. The minimum atomic E-state index is -2.76. The van der Waals surface area contributed by atoms with Crippen molar-refractivity contribution >= 4 is 56.7 Å². The van der Waals surface area contributed by atoms with Gasteiger partial charge in [0.1, 0.15) is 0 Å². The van der Waals surface area contributed by atoms with Gasteiger partial charge in [0.05, 0.1) is 5.69 Å². The maximum Gasteiger partial charge on any atom is 0.179 e. The molecule has 0 saturated carbocycles. The third kappa shape index (κ3) is 6.13. The quantitative estimate of drug-likeness (QED) is 0.107. The summed E-state index contributed by atoms with van der Waals surface area (Å²) >= 11 is 0. The van der Waals surface area contributed by atoms with Crippen LogP contribution < -0.4 is 25.6 Å². The molecule has 0 unspecified atom stereocenters. The highest BCUT2D eigenvalue weighted by Gasteiger charge is 2.41. The van der Waals surface area contributed by atoms with Crippen molar-refractivity contribution in [2.24, 2.45) is 0 Å². The van der Waals surface area contributed by atoms with Crippen LogP contribution in [0.2, 0.25) is 0 Å². The third-order valence-corrected chi connectivity index (χ3v) is 15.4. The van der Waals surface area contributed by atoms with Gasteiger partial charge >= 0.3 is 0 Å². The minimum Gasteiger partial charge on any atom is -0.310 e. The van der Waals surface area contributed by atoms with Crippen LogP contribution in [-0.4, -0.2) is 8.07 Å². The van der Waals surface area contributed by atoms with Gasteiger partial charge in [-0.25, -0.2) is 0 Å². The molecular formula is C52H39NSi. The molecule has 0 bridgehead atoms. The van der Waals surface area contributed by atoms with Gasteiger partial charge in [-0.1, -0.05) is 200 Å². The summed E-state index contributed by atoms with van der Waals surface area (Å²) in [5.41, 5.74) is 8.10.